The minimum absolute atomic E-state index is 0.174. The van der Waals surface area contributed by atoms with Crippen LogP contribution in [-0.4, -0.2) is 59.8 Å². The minimum Gasteiger partial charge on any atom is -0.593 e. The lowest BCUT2D eigenvalue weighted by molar-refractivity contribution is 0.204. The predicted molar refractivity (Wildman–Crippen MR) is 148 cm³/mol. The van der Waals surface area contributed by atoms with Crippen LogP contribution < -0.4 is 14.9 Å². The number of anilines is 2. The van der Waals surface area contributed by atoms with Gasteiger partial charge in [0.05, 0.1) is 36.1 Å². The van der Waals surface area contributed by atoms with Gasteiger partial charge in [-0.15, -0.1) is 10.2 Å². The highest BCUT2D eigenvalue weighted by Gasteiger charge is 2.35. The average Bonchev–Trinajstić information content (AvgIpc) is 3.34. The minimum atomic E-state index is -1.37. The predicted octanol–water partition coefficient (Wildman–Crippen LogP) is 4.18. The van der Waals surface area contributed by atoms with E-state index in [1.54, 1.807) is 39.5 Å². The summed E-state index contributed by atoms with van der Waals surface area (Å²) in [7, 11) is 3.33. The molecule has 0 amide bonds. The summed E-state index contributed by atoms with van der Waals surface area (Å²) < 4.78 is 38.6. The van der Waals surface area contributed by atoms with E-state index in [-0.39, 0.29) is 22.6 Å². The molecule has 1 aliphatic rings. The summed E-state index contributed by atoms with van der Waals surface area (Å²) in [5, 5.41) is 8.72. The first-order valence-corrected chi connectivity index (χ1v) is 14.3. The SMILES string of the molecule is COCCN(CC1CC1C)c1cc(-c2nnc([C@](C)(N)Cc3ccc(F)cc3)o2)c(Cl)c(N(C)[S+](C)[O-])n1. The van der Waals surface area contributed by atoms with Crippen LogP contribution in [-0.2, 0) is 28.1 Å². The molecule has 3 unspecified atom stereocenters. The number of hydrogen-bond donors (Lipinski definition) is 1. The molecule has 0 saturated heterocycles. The molecule has 1 fully saturated rings. The van der Waals surface area contributed by atoms with Crippen LogP contribution in [0.25, 0.3) is 11.5 Å². The molecule has 0 radical (unpaired) electrons. The Balaban J connectivity index is 1.71. The molecule has 0 spiro atoms. The number of hydrogen-bond acceptors (Lipinski definition) is 9. The summed E-state index contributed by atoms with van der Waals surface area (Å²) in [6.07, 6.45) is 3.07. The Morgan fingerprint density at radius 3 is 2.61 bits per heavy atom. The van der Waals surface area contributed by atoms with E-state index in [9.17, 15) is 8.94 Å². The van der Waals surface area contributed by atoms with Crippen LogP contribution in [0, 0.1) is 17.7 Å². The maximum absolute atomic E-state index is 13.3. The monoisotopic (exact) mass is 564 g/mol. The van der Waals surface area contributed by atoms with Crippen molar-refractivity contribution in [3.05, 3.63) is 52.6 Å². The van der Waals surface area contributed by atoms with Crippen LogP contribution in [0.5, 0.6) is 0 Å². The molecule has 9 nitrogen and oxygen atoms in total. The van der Waals surface area contributed by atoms with E-state index in [0.29, 0.717) is 48.6 Å². The van der Waals surface area contributed by atoms with Crippen molar-refractivity contribution in [3.8, 4) is 11.5 Å². The second kappa shape index (κ2) is 11.7. The summed E-state index contributed by atoms with van der Waals surface area (Å²) in [6.45, 7) is 5.96. The van der Waals surface area contributed by atoms with Crippen LogP contribution in [0.15, 0.2) is 34.7 Å². The summed E-state index contributed by atoms with van der Waals surface area (Å²) in [5.41, 5.74) is 6.84. The number of nitrogens with two attached hydrogens (primary N) is 1. The zero-order chi connectivity index (χ0) is 27.6. The number of methoxy groups -OCH3 is 1. The Bertz CT molecular complexity index is 1240. The highest BCUT2D eigenvalue weighted by Crippen LogP contribution is 2.41. The number of halogens is 2. The van der Waals surface area contributed by atoms with Gasteiger partial charge in [-0.1, -0.05) is 30.7 Å². The van der Waals surface area contributed by atoms with E-state index in [2.05, 4.69) is 22.0 Å². The normalized spacial score (nSPS) is 19.2. The lowest BCUT2D eigenvalue weighted by atomic mass is 9.94. The van der Waals surface area contributed by atoms with Gasteiger partial charge >= 0.3 is 0 Å². The van der Waals surface area contributed by atoms with Gasteiger partial charge in [-0.3, -0.25) is 0 Å². The van der Waals surface area contributed by atoms with E-state index in [1.165, 1.54) is 16.4 Å². The average molecular weight is 565 g/mol. The van der Waals surface area contributed by atoms with E-state index >= 15 is 0 Å². The van der Waals surface area contributed by atoms with Crippen LogP contribution in [0.1, 0.15) is 31.7 Å². The van der Waals surface area contributed by atoms with Gasteiger partial charge in [0.1, 0.15) is 22.9 Å². The van der Waals surface area contributed by atoms with Crippen LogP contribution in [0.2, 0.25) is 5.02 Å². The van der Waals surface area contributed by atoms with Crippen LogP contribution in [0.3, 0.4) is 0 Å². The molecule has 12 heteroatoms. The second-order valence-corrected chi connectivity index (χ2v) is 11.9. The molecular formula is C26H34ClFN6O3S. The zero-order valence-corrected chi connectivity index (χ0v) is 23.9. The van der Waals surface area contributed by atoms with Crippen molar-refractivity contribution in [3.63, 3.8) is 0 Å². The molecule has 1 saturated carbocycles. The van der Waals surface area contributed by atoms with Gasteiger partial charge in [-0.05, 0) is 55.4 Å². The fourth-order valence-corrected chi connectivity index (χ4v) is 4.98. The van der Waals surface area contributed by atoms with Crippen molar-refractivity contribution in [2.75, 3.05) is 49.3 Å². The maximum Gasteiger partial charge on any atom is 0.249 e. The third kappa shape index (κ3) is 6.58. The van der Waals surface area contributed by atoms with Crippen molar-refractivity contribution >= 4 is 34.6 Å². The Hall–Kier alpha value is -2.44. The van der Waals surface area contributed by atoms with Gasteiger partial charge in [0.2, 0.25) is 11.8 Å². The number of ether oxygens (including phenoxy) is 1. The molecule has 206 valence electrons. The van der Waals surface area contributed by atoms with Gasteiger partial charge in [0.15, 0.2) is 5.82 Å². The van der Waals surface area contributed by atoms with Crippen molar-refractivity contribution in [2.24, 2.45) is 17.6 Å². The maximum atomic E-state index is 13.3. The highest BCUT2D eigenvalue weighted by molar-refractivity contribution is 7.92. The summed E-state index contributed by atoms with van der Waals surface area (Å²) in [5.74, 6) is 2.27. The summed E-state index contributed by atoms with van der Waals surface area (Å²) in [4.78, 5) is 6.93. The number of nitrogens with zero attached hydrogens (tertiary/aromatic N) is 5. The quantitative estimate of drug-likeness (QED) is 0.323. The Kier molecular flexibility index (Phi) is 8.83. The molecule has 2 N–H and O–H groups in total. The Labute approximate surface area is 230 Å². The van der Waals surface area contributed by atoms with Gasteiger partial charge in [-0.25, -0.2) is 9.37 Å². The van der Waals surface area contributed by atoms with E-state index in [0.717, 1.165) is 18.5 Å². The van der Waals surface area contributed by atoms with Crippen molar-refractivity contribution in [1.82, 2.24) is 15.2 Å². The van der Waals surface area contributed by atoms with Gasteiger partial charge in [-0.2, -0.15) is 4.31 Å². The Morgan fingerprint density at radius 1 is 1.32 bits per heavy atom. The molecule has 2 heterocycles. The summed E-state index contributed by atoms with van der Waals surface area (Å²) >= 11 is 5.43. The number of benzene rings is 1. The first-order valence-electron chi connectivity index (χ1n) is 12.4. The number of aromatic nitrogens is 3. The number of rotatable bonds is 12. The summed E-state index contributed by atoms with van der Waals surface area (Å²) in [6, 6.07) is 7.93. The molecule has 38 heavy (non-hydrogen) atoms. The molecule has 0 aliphatic heterocycles. The topological polar surface area (TPSA) is 117 Å². The molecule has 4 rings (SSSR count). The standard InChI is InChI=1S/C26H34ClFN6O3S/c1-16-12-18(16)15-34(10-11-36-4)21-13-20(22(27)23(30-21)33(3)38(5)35)24-31-32-25(37-24)26(2,29)14-17-6-8-19(28)9-7-17/h6-9,13,16,18H,10-12,14-15,29H2,1-5H3/t16?,18?,26-,38?/m1/s1. The first-order chi connectivity index (χ1) is 18.0. The fraction of sp³-hybridized carbons (Fsp3) is 0.500. The molecule has 3 aromatic rings. The van der Waals surface area contributed by atoms with E-state index in [1.807, 2.05) is 6.07 Å². The smallest absolute Gasteiger partial charge is 0.249 e. The molecule has 1 aromatic carbocycles. The highest BCUT2D eigenvalue weighted by atomic mass is 35.5. The van der Waals surface area contributed by atoms with Gasteiger partial charge in [0, 0.05) is 20.2 Å². The van der Waals surface area contributed by atoms with Gasteiger partial charge < -0.3 is 24.3 Å². The second-order valence-electron chi connectivity index (χ2n) is 10.1. The number of pyridine rings is 1. The third-order valence-corrected chi connectivity index (χ3v) is 8.18. The lowest BCUT2D eigenvalue weighted by Gasteiger charge is -2.27. The molecule has 0 bridgehead atoms. The first kappa shape index (κ1) is 28.6. The third-order valence-electron chi connectivity index (χ3n) is 6.86. The fourth-order valence-electron chi connectivity index (χ4n) is 4.25. The molecule has 2 aromatic heterocycles. The lowest BCUT2D eigenvalue weighted by Crippen LogP contribution is -2.35. The van der Waals surface area contributed by atoms with Gasteiger partial charge in [0.25, 0.3) is 0 Å². The molecule has 4 atom stereocenters. The Morgan fingerprint density at radius 2 is 2.00 bits per heavy atom. The van der Waals surface area contributed by atoms with Crippen molar-refractivity contribution < 1.29 is 18.1 Å². The molecule has 1 aliphatic carbocycles. The largest absolute Gasteiger partial charge is 0.593 e. The molecular weight excluding hydrogens is 531 g/mol. The van der Waals surface area contributed by atoms with Crippen LogP contribution >= 0.6 is 11.6 Å². The van der Waals surface area contributed by atoms with E-state index in [4.69, 9.17) is 31.5 Å². The van der Waals surface area contributed by atoms with Crippen LogP contribution in [0.4, 0.5) is 16.0 Å². The van der Waals surface area contributed by atoms with E-state index < -0.39 is 16.9 Å². The van der Waals surface area contributed by atoms with Crippen molar-refractivity contribution in [1.29, 1.82) is 0 Å². The van der Waals surface area contributed by atoms with Crippen molar-refractivity contribution in [2.45, 2.75) is 32.2 Å². The zero-order valence-electron chi connectivity index (χ0n) is 22.3.